The molecule has 2 aromatic heterocycles. The molecule has 0 unspecified atom stereocenters. The summed E-state index contributed by atoms with van der Waals surface area (Å²) in [6.45, 7) is 0. The fraction of sp³-hybridized carbons (Fsp3) is 0.0526. The Morgan fingerprint density at radius 1 is 0.943 bits per heavy atom. The molecule has 0 spiro atoms. The van der Waals surface area contributed by atoms with E-state index in [4.69, 9.17) is 9.15 Å². The number of benzene rings is 2. The largest absolute Gasteiger partial charge is 0.476 e. The highest BCUT2D eigenvalue weighted by Gasteiger charge is 2.30. The molecule has 16 heteroatoms. The normalized spacial score (nSPS) is 11.2. The second-order valence-electron chi connectivity index (χ2n) is 6.62. The summed E-state index contributed by atoms with van der Waals surface area (Å²) in [5.41, 5.74) is -0.356. The highest BCUT2D eigenvalue weighted by Crippen LogP contribution is 2.32. The number of alkyl halides is 3. The number of hydrogen-bond acceptors (Lipinski definition) is 11. The van der Waals surface area contributed by atoms with Gasteiger partial charge < -0.3 is 34.7 Å². The maximum absolute atomic E-state index is 12.9. The lowest BCUT2D eigenvalue weighted by Gasteiger charge is -2.08. The number of aromatic nitrogens is 4. The predicted molar refractivity (Wildman–Crippen MR) is 110 cm³/mol. The van der Waals surface area contributed by atoms with E-state index in [1.54, 1.807) is 0 Å². The van der Waals surface area contributed by atoms with E-state index in [1.165, 1.54) is 36.4 Å². The molecule has 178 valence electrons. The number of halogens is 3. The van der Waals surface area contributed by atoms with E-state index in [-0.39, 0.29) is 23.3 Å². The number of hydrogen-bond donors (Lipinski definition) is 1. The van der Waals surface area contributed by atoms with Crippen LogP contribution in [0.2, 0.25) is 0 Å². The van der Waals surface area contributed by atoms with Gasteiger partial charge in [0, 0.05) is 11.3 Å². The monoisotopic (exact) mass is 489 g/mol. The average Bonchev–Trinajstić information content (AvgIpc) is 3.27. The minimum absolute atomic E-state index is 0.0272. The standard InChI is InChI=1S/C19H10F3N7O6/c20-19(21,22)11-2-1-3-12(8-11)23-18-27-26-16(35-18)10-4-6-13(7-5-10)34-15-9-14(28(30)31)24-17(25-15)29(32)33/h1-9H,(H,23,27). The van der Waals surface area contributed by atoms with Gasteiger partial charge in [-0.1, -0.05) is 11.2 Å². The van der Waals surface area contributed by atoms with Crippen LogP contribution in [0.4, 0.5) is 36.6 Å². The Morgan fingerprint density at radius 2 is 1.69 bits per heavy atom. The molecule has 0 atom stereocenters. The topological polar surface area (TPSA) is 172 Å². The van der Waals surface area contributed by atoms with Crippen molar-refractivity contribution >= 4 is 23.5 Å². The average molecular weight is 489 g/mol. The smallest absolute Gasteiger partial charge is 0.426 e. The van der Waals surface area contributed by atoms with E-state index in [1.807, 2.05) is 0 Å². The maximum Gasteiger partial charge on any atom is 0.476 e. The van der Waals surface area contributed by atoms with Crippen molar-refractivity contribution < 1.29 is 32.2 Å². The number of anilines is 2. The van der Waals surface area contributed by atoms with Crippen molar-refractivity contribution in [1.82, 2.24) is 20.2 Å². The third-order valence-electron chi connectivity index (χ3n) is 4.22. The number of nitro groups is 2. The van der Waals surface area contributed by atoms with Gasteiger partial charge in [-0.25, -0.2) is 0 Å². The summed E-state index contributed by atoms with van der Waals surface area (Å²) in [7, 11) is 0. The summed E-state index contributed by atoms with van der Waals surface area (Å²) >= 11 is 0. The van der Waals surface area contributed by atoms with Crippen LogP contribution in [-0.2, 0) is 6.18 Å². The summed E-state index contributed by atoms with van der Waals surface area (Å²) < 4.78 is 49.3. The Kier molecular flexibility index (Phi) is 5.92. The molecule has 4 aromatic rings. The van der Waals surface area contributed by atoms with Crippen LogP contribution in [0.5, 0.6) is 11.6 Å². The van der Waals surface area contributed by atoms with Crippen molar-refractivity contribution in [2.75, 3.05) is 5.32 Å². The first-order valence-corrected chi connectivity index (χ1v) is 9.32. The van der Waals surface area contributed by atoms with Gasteiger partial charge in [-0.3, -0.25) is 0 Å². The molecule has 0 fully saturated rings. The van der Waals surface area contributed by atoms with Crippen molar-refractivity contribution in [1.29, 1.82) is 0 Å². The SMILES string of the molecule is O=[N+]([O-])c1cc(Oc2ccc(-c3nnc(Nc4cccc(C(F)(F)F)c4)o3)cc2)nc([N+](=O)[O-])n1. The van der Waals surface area contributed by atoms with Crippen LogP contribution in [-0.4, -0.2) is 30.0 Å². The third-order valence-corrected chi connectivity index (χ3v) is 4.22. The molecule has 2 aromatic carbocycles. The summed E-state index contributed by atoms with van der Waals surface area (Å²) in [5.74, 6) is -2.09. The molecule has 1 N–H and O–H groups in total. The second-order valence-corrected chi connectivity index (χ2v) is 6.62. The van der Waals surface area contributed by atoms with E-state index in [0.29, 0.717) is 5.56 Å². The Morgan fingerprint density at radius 3 is 2.34 bits per heavy atom. The molecule has 0 radical (unpaired) electrons. The van der Waals surface area contributed by atoms with Crippen molar-refractivity contribution in [3.63, 3.8) is 0 Å². The number of nitrogens with one attached hydrogen (secondary N) is 1. The minimum Gasteiger partial charge on any atom is -0.426 e. The minimum atomic E-state index is -4.51. The molecular weight excluding hydrogens is 479 g/mol. The van der Waals surface area contributed by atoms with Crippen LogP contribution in [0, 0.1) is 20.2 Å². The van der Waals surface area contributed by atoms with E-state index in [2.05, 4.69) is 25.5 Å². The Balaban J connectivity index is 1.49. The van der Waals surface area contributed by atoms with Gasteiger partial charge in [-0.15, -0.1) is 5.10 Å². The molecule has 0 bridgehead atoms. The van der Waals surface area contributed by atoms with Gasteiger partial charge in [0.2, 0.25) is 5.89 Å². The van der Waals surface area contributed by atoms with Gasteiger partial charge in [0.1, 0.15) is 11.8 Å². The second kappa shape index (κ2) is 9.00. The van der Waals surface area contributed by atoms with Crippen molar-refractivity contribution in [3.8, 4) is 23.1 Å². The zero-order valence-electron chi connectivity index (χ0n) is 17.0. The molecule has 0 saturated heterocycles. The molecule has 0 amide bonds. The van der Waals surface area contributed by atoms with Gasteiger partial charge >= 0.3 is 29.8 Å². The Bertz CT molecular complexity index is 1380. The molecule has 4 rings (SSSR count). The summed E-state index contributed by atoms with van der Waals surface area (Å²) in [5, 5.41) is 31.9. The molecule has 0 saturated carbocycles. The molecule has 0 aliphatic carbocycles. The van der Waals surface area contributed by atoms with Gasteiger partial charge in [0.15, 0.2) is 0 Å². The Labute approximate surface area is 191 Å². The number of rotatable bonds is 7. The van der Waals surface area contributed by atoms with Crippen molar-refractivity contribution in [2.45, 2.75) is 6.18 Å². The molecule has 0 aliphatic rings. The Hall–Kier alpha value is -5.15. The van der Waals surface area contributed by atoms with Crippen LogP contribution < -0.4 is 10.1 Å². The van der Waals surface area contributed by atoms with E-state index in [9.17, 15) is 33.4 Å². The molecular formula is C19H10F3N7O6. The van der Waals surface area contributed by atoms with E-state index in [0.717, 1.165) is 18.2 Å². The lowest BCUT2D eigenvalue weighted by molar-refractivity contribution is -0.406. The van der Waals surface area contributed by atoms with Crippen LogP contribution in [0.15, 0.2) is 59.0 Å². The predicted octanol–water partition coefficient (Wildman–Crippen LogP) is 4.90. The fourth-order valence-corrected chi connectivity index (χ4v) is 2.70. The van der Waals surface area contributed by atoms with E-state index >= 15 is 0 Å². The van der Waals surface area contributed by atoms with Crippen LogP contribution in [0.3, 0.4) is 0 Å². The molecule has 2 heterocycles. The summed E-state index contributed by atoms with van der Waals surface area (Å²) in [6.07, 6.45) is -4.51. The number of ether oxygens (including phenoxy) is 1. The zero-order valence-corrected chi connectivity index (χ0v) is 17.0. The van der Waals surface area contributed by atoms with Crippen molar-refractivity contribution in [2.24, 2.45) is 0 Å². The van der Waals surface area contributed by atoms with Gasteiger partial charge in [0.25, 0.3) is 0 Å². The first-order valence-electron chi connectivity index (χ1n) is 9.32. The third kappa shape index (κ3) is 5.44. The fourth-order valence-electron chi connectivity index (χ4n) is 2.70. The zero-order chi connectivity index (χ0) is 25.2. The molecule has 0 aliphatic heterocycles. The first-order chi connectivity index (χ1) is 16.6. The quantitative estimate of drug-likeness (QED) is 0.276. The molecule has 13 nitrogen and oxygen atoms in total. The van der Waals surface area contributed by atoms with Crippen LogP contribution in [0.1, 0.15) is 5.56 Å². The van der Waals surface area contributed by atoms with E-state index < -0.39 is 39.2 Å². The molecule has 35 heavy (non-hydrogen) atoms. The van der Waals surface area contributed by atoms with Gasteiger partial charge in [-0.05, 0) is 62.3 Å². The summed E-state index contributed by atoms with van der Waals surface area (Å²) in [6, 6.07) is 10.9. The maximum atomic E-state index is 12.9. The lowest BCUT2D eigenvalue weighted by atomic mass is 10.2. The van der Waals surface area contributed by atoms with Crippen molar-refractivity contribution in [3.05, 3.63) is 80.4 Å². The van der Waals surface area contributed by atoms with Crippen LogP contribution >= 0.6 is 0 Å². The first kappa shape index (κ1) is 23.0. The number of nitrogens with zero attached hydrogens (tertiary/aromatic N) is 6. The lowest BCUT2D eigenvalue weighted by Crippen LogP contribution is -2.05. The van der Waals surface area contributed by atoms with Gasteiger partial charge in [0.05, 0.1) is 5.56 Å². The van der Waals surface area contributed by atoms with Gasteiger partial charge in [-0.2, -0.15) is 13.2 Å². The van der Waals surface area contributed by atoms with Crippen LogP contribution in [0.25, 0.3) is 11.5 Å². The highest BCUT2D eigenvalue weighted by atomic mass is 19.4. The highest BCUT2D eigenvalue weighted by molar-refractivity contribution is 5.58. The summed E-state index contributed by atoms with van der Waals surface area (Å²) in [4.78, 5) is 26.6.